The van der Waals surface area contributed by atoms with Crippen LogP contribution in [0.3, 0.4) is 0 Å². The summed E-state index contributed by atoms with van der Waals surface area (Å²) in [6, 6.07) is 23.0. The molecule has 1 amide bonds. The van der Waals surface area contributed by atoms with Gasteiger partial charge in [-0.2, -0.15) is 0 Å². The zero-order valence-electron chi connectivity index (χ0n) is 27.5. The van der Waals surface area contributed by atoms with Gasteiger partial charge in [-0.05, 0) is 113 Å². The Morgan fingerprint density at radius 2 is 1.78 bits per heavy atom. The number of nitrogens with zero attached hydrogens (tertiary/aromatic N) is 5. The number of rotatable bonds is 10. The summed E-state index contributed by atoms with van der Waals surface area (Å²) in [6.07, 6.45) is 5.11. The lowest BCUT2D eigenvalue weighted by Crippen LogP contribution is -2.22. The van der Waals surface area contributed by atoms with Gasteiger partial charge in [-0.3, -0.25) is 9.59 Å². The Kier molecular flexibility index (Phi) is 8.94. The van der Waals surface area contributed by atoms with Gasteiger partial charge in [0.05, 0.1) is 37.1 Å². The Hall–Kier alpha value is -6.11. The average molecular weight is 671 g/mol. The van der Waals surface area contributed by atoms with Crippen molar-refractivity contribution in [2.45, 2.75) is 33.1 Å². The third kappa shape index (κ3) is 6.49. The minimum Gasteiger partial charge on any atom is -0.496 e. The van der Waals surface area contributed by atoms with Crippen molar-refractivity contribution in [3.8, 4) is 22.8 Å². The number of nitrogens with one attached hydrogen (secondary N) is 1. The molecule has 0 saturated carbocycles. The molecule has 7 rings (SSSR count). The van der Waals surface area contributed by atoms with E-state index < -0.39 is 5.91 Å². The molecule has 12 heteroatoms. The molecule has 3 N–H and O–H groups in total. The number of aliphatic hydroxyl groups is 2. The van der Waals surface area contributed by atoms with Crippen LogP contribution in [0.25, 0.3) is 34.1 Å². The Morgan fingerprint density at radius 1 is 1.00 bits per heavy atom. The van der Waals surface area contributed by atoms with Crippen molar-refractivity contribution in [3.63, 3.8) is 0 Å². The number of ether oxygens (including phenoxy) is 1. The Labute approximate surface area is 286 Å². The van der Waals surface area contributed by atoms with Gasteiger partial charge in [-0.1, -0.05) is 24.3 Å². The number of aromatic nitrogens is 4. The highest BCUT2D eigenvalue weighted by atomic mass is 16.5. The van der Waals surface area contributed by atoms with E-state index in [4.69, 9.17) is 9.15 Å². The normalized spacial score (nSPS) is 12.3. The van der Waals surface area contributed by atoms with Gasteiger partial charge < -0.3 is 29.6 Å². The number of hydrogen-bond acceptors (Lipinski definition) is 10. The zero-order chi connectivity index (χ0) is 34.8. The molecule has 0 fully saturated rings. The van der Waals surface area contributed by atoms with E-state index in [0.29, 0.717) is 27.8 Å². The third-order valence-electron chi connectivity index (χ3n) is 8.79. The second kappa shape index (κ2) is 13.8. The number of carbonyl (C=O) groups excluding carboxylic acids is 1. The van der Waals surface area contributed by atoms with Crippen LogP contribution in [0.5, 0.6) is 5.75 Å². The average Bonchev–Trinajstić information content (AvgIpc) is 3.64. The van der Waals surface area contributed by atoms with E-state index in [1.165, 1.54) is 22.0 Å². The molecule has 0 aliphatic carbocycles. The molecule has 0 radical (unpaired) electrons. The van der Waals surface area contributed by atoms with Crippen LogP contribution in [0, 0.1) is 6.92 Å². The van der Waals surface area contributed by atoms with Gasteiger partial charge >= 0.3 is 0 Å². The number of aliphatic hydroxyl groups excluding tert-OH is 2. The number of amides is 1. The second-order valence-corrected chi connectivity index (χ2v) is 12.0. The molecule has 2 aromatic heterocycles. The molecule has 12 nitrogen and oxygen atoms in total. The third-order valence-corrected chi connectivity index (χ3v) is 8.79. The van der Waals surface area contributed by atoms with Crippen molar-refractivity contribution in [2.24, 2.45) is 0 Å². The molecule has 0 unspecified atom stereocenters. The largest absolute Gasteiger partial charge is 0.496 e. The number of fused-ring (bicyclic) bond motifs is 2. The molecule has 252 valence electrons. The van der Waals surface area contributed by atoms with Crippen LogP contribution >= 0.6 is 0 Å². The maximum atomic E-state index is 13.3. The summed E-state index contributed by atoms with van der Waals surface area (Å²) in [7, 11) is 1.70. The quantitative estimate of drug-likeness (QED) is 0.181. The minimum absolute atomic E-state index is 0.174. The summed E-state index contributed by atoms with van der Waals surface area (Å²) in [5, 5.41) is 36.1. The molecular weight excluding hydrogens is 636 g/mol. The number of hydrogen-bond donors (Lipinski definition) is 3. The molecule has 0 saturated heterocycles. The number of anilines is 1. The van der Waals surface area contributed by atoms with E-state index >= 15 is 0 Å². The van der Waals surface area contributed by atoms with Crippen LogP contribution in [-0.4, -0.2) is 54.9 Å². The standard InChI is InChI=1S/C38H34N6O6/c1-23-15-25-12-14-43(20-26(25)18-35(23)49-2)13-11-24-7-9-29(10-8-24)44-41-37(40-42-44)31-16-27(21-45)28(22-46)17-32(31)39-38(48)36-19-33(47)30-5-3-4-6-34(30)50-36/h3-10,12,14-19,45-46H,11,13,20-22H2,1-2H3,(H,39,48). The lowest BCUT2D eigenvalue weighted by Gasteiger charge is -2.26. The molecule has 50 heavy (non-hydrogen) atoms. The van der Waals surface area contributed by atoms with Crippen molar-refractivity contribution < 1.29 is 24.2 Å². The Balaban J connectivity index is 1.08. The van der Waals surface area contributed by atoms with Crippen LogP contribution < -0.4 is 15.5 Å². The van der Waals surface area contributed by atoms with E-state index in [9.17, 15) is 19.8 Å². The lowest BCUT2D eigenvalue weighted by atomic mass is 10.0. The molecule has 3 heterocycles. The van der Waals surface area contributed by atoms with Crippen LogP contribution in [-0.2, 0) is 26.2 Å². The van der Waals surface area contributed by atoms with E-state index in [1.54, 1.807) is 37.4 Å². The first-order chi connectivity index (χ1) is 24.3. The van der Waals surface area contributed by atoms with Crippen molar-refractivity contribution in [3.05, 3.63) is 134 Å². The summed E-state index contributed by atoms with van der Waals surface area (Å²) in [5.74, 6) is 0.196. The molecule has 4 aromatic carbocycles. The molecule has 0 atom stereocenters. The summed E-state index contributed by atoms with van der Waals surface area (Å²) in [6.45, 7) is 2.95. The number of tetrazole rings is 1. The van der Waals surface area contributed by atoms with E-state index in [0.717, 1.165) is 42.5 Å². The Morgan fingerprint density at radius 3 is 2.56 bits per heavy atom. The summed E-state index contributed by atoms with van der Waals surface area (Å²) >= 11 is 0. The second-order valence-electron chi connectivity index (χ2n) is 12.0. The van der Waals surface area contributed by atoms with Gasteiger partial charge in [0.25, 0.3) is 5.91 Å². The maximum absolute atomic E-state index is 13.3. The first-order valence-corrected chi connectivity index (χ1v) is 16.0. The monoisotopic (exact) mass is 670 g/mol. The lowest BCUT2D eigenvalue weighted by molar-refractivity contribution is 0.0997. The SMILES string of the molecule is COc1cc2c(cc1C)C=CN(CCc1ccc(-n3nnc(-c4cc(CO)c(CO)cc4NC(=O)c4cc(=O)c5ccccc5o4)n3)cc1)C2. The fourth-order valence-electron chi connectivity index (χ4n) is 6.05. The van der Waals surface area contributed by atoms with Gasteiger partial charge in [0.15, 0.2) is 11.2 Å². The summed E-state index contributed by atoms with van der Waals surface area (Å²) < 4.78 is 11.2. The molecule has 0 bridgehead atoms. The number of benzene rings is 4. The number of carbonyl (C=O) groups is 1. The highest BCUT2D eigenvalue weighted by Gasteiger charge is 2.20. The summed E-state index contributed by atoms with van der Waals surface area (Å²) in [4.78, 5) is 29.6. The first-order valence-electron chi connectivity index (χ1n) is 16.0. The number of methoxy groups -OCH3 is 1. The maximum Gasteiger partial charge on any atom is 0.291 e. The first kappa shape index (κ1) is 32.4. The molecule has 1 aliphatic heterocycles. The molecular formula is C38H34N6O6. The predicted octanol–water partition coefficient (Wildman–Crippen LogP) is 5.02. The van der Waals surface area contributed by atoms with Gasteiger partial charge in [-0.25, -0.2) is 0 Å². The van der Waals surface area contributed by atoms with Crippen LogP contribution in [0.2, 0.25) is 0 Å². The van der Waals surface area contributed by atoms with Crippen LogP contribution in [0.4, 0.5) is 5.69 Å². The fourth-order valence-corrected chi connectivity index (χ4v) is 6.05. The van der Waals surface area contributed by atoms with E-state index in [1.807, 2.05) is 24.3 Å². The molecule has 6 aromatic rings. The van der Waals surface area contributed by atoms with Gasteiger partial charge in [0, 0.05) is 24.7 Å². The molecule has 0 spiro atoms. The van der Waals surface area contributed by atoms with Gasteiger partial charge in [-0.15, -0.1) is 15.0 Å². The van der Waals surface area contributed by atoms with E-state index in [2.05, 4.69) is 57.0 Å². The number of aryl methyl sites for hydroxylation is 1. The van der Waals surface area contributed by atoms with Crippen molar-refractivity contribution in [2.75, 3.05) is 19.0 Å². The van der Waals surface area contributed by atoms with Crippen molar-refractivity contribution in [1.29, 1.82) is 0 Å². The van der Waals surface area contributed by atoms with E-state index in [-0.39, 0.29) is 41.5 Å². The smallest absolute Gasteiger partial charge is 0.291 e. The van der Waals surface area contributed by atoms with Gasteiger partial charge in [0.1, 0.15) is 11.3 Å². The number of para-hydroxylation sites is 1. The van der Waals surface area contributed by atoms with Crippen molar-refractivity contribution in [1.82, 2.24) is 25.1 Å². The van der Waals surface area contributed by atoms with Gasteiger partial charge in [0.2, 0.25) is 5.82 Å². The zero-order valence-corrected chi connectivity index (χ0v) is 27.5. The molecule has 1 aliphatic rings. The highest BCUT2D eigenvalue weighted by molar-refractivity contribution is 6.05. The van der Waals surface area contributed by atoms with Crippen LogP contribution in [0.1, 0.15) is 43.9 Å². The predicted molar refractivity (Wildman–Crippen MR) is 188 cm³/mol. The van der Waals surface area contributed by atoms with Crippen LogP contribution in [0.15, 0.2) is 94.3 Å². The minimum atomic E-state index is -0.684. The topological polar surface area (TPSA) is 156 Å². The fraction of sp³-hybridized carbons (Fsp3) is 0.184. The summed E-state index contributed by atoms with van der Waals surface area (Å²) in [5.41, 5.74) is 6.74. The van der Waals surface area contributed by atoms with Crippen molar-refractivity contribution >= 4 is 28.6 Å². The highest BCUT2D eigenvalue weighted by Crippen LogP contribution is 2.31. The Bertz CT molecular complexity index is 2310.